The van der Waals surface area contributed by atoms with Gasteiger partial charge in [0.2, 0.25) is 5.91 Å². The zero-order chi connectivity index (χ0) is 24.7. The van der Waals surface area contributed by atoms with Crippen molar-refractivity contribution in [3.05, 3.63) is 54.3 Å². The standard InChI is InChI=1S/C23H28FN3O6S/c1-3-32-20-9-7-19(8-10-20)27(34(30,31)21-11-5-18(24)6-12-21)17-22(28)25-13-15-26(16-14-25)23(29)33-4-2/h5-12H,3-4,13-17H2,1-2H3. The minimum Gasteiger partial charge on any atom is -0.494 e. The summed E-state index contributed by atoms with van der Waals surface area (Å²) in [6.45, 7) is 4.90. The number of nitrogens with zero attached hydrogens (tertiary/aromatic N) is 3. The number of sulfonamides is 1. The molecule has 0 radical (unpaired) electrons. The number of ether oxygens (including phenoxy) is 2. The lowest BCUT2D eigenvalue weighted by Gasteiger charge is -2.35. The summed E-state index contributed by atoms with van der Waals surface area (Å²) < 4.78 is 51.6. The van der Waals surface area contributed by atoms with E-state index in [1.165, 1.54) is 9.80 Å². The molecule has 0 atom stereocenters. The number of hydrogen-bond acceptors (Lipinski definition) is 6. The average Bonchev–Trinajstić information content (AvgIpc) is 2.83. The number of amides is 2. The highest BCUT2D eigenvalue weighted by Gasteiger charge is 2.31. The van der Waals surface area contributed by atoms with Crippen LogP contribution in [0.2, 0.25) is 0 Å². The summed E-state index contributed by atoms with van der Waals surface area (Å²) in [7, 11) is -4.17. The van der Waals surface area contributed by atoms with Crippen molar-refractivity contribution >= 4 is 27.7 Å². The van der Waals surface area contributed by atoms with Crippen molar-refractivity contribution in [1.82, 2.24) is 9.80 Å². The second kappa shape index (κ2) is 11.2. The van der Waals surface area contributed by atoms with E-state index in [1.54, 1.807) is 31.2 Å². The van der Waals surface area contributed by atoms with Crippen LogP contribution in [0.1, 0.15) is 13.8 Å². The first kappa shape index (κ1) is 25.3. The number of halogens is 1. The fraction of sp³-hybridized carbons (Fsp3) is 0.391. The van der Waals surface area contributed by atoms with Gasteiger partial charge < -0.3 is 19.3 Å². The van der Waals surface area contributed by atoms with Gasteiger partial charge in [0.25, 0.3) is 10.0 Å². The van der Waals surface area contributed by atoms with Gasteiger partial charge >= 0.3 is 6.09 Å². The summed E-state index contributed by atoms with van der Waals surface area (Å²) in [5.74, 6) is -0.419. The van der Waals surface area contributed by atoms with Crippen molar-refractivity contribution < 1.29 is 31.9 Å². The molecule has 2 amide bonds. The Hall–Kier alpha value is -3.34. The van der Waals surface area contributed by atoms with Crippen molar-refractivity contribution in [3.8, 4) is 5.75 Å². The Morgan fingerprint density at radius 3 is 2.06 bits per heavy atom. The van der Waals surface area contributed by atoms with Crippen LogP contribution in [0.3, 0.4) is 0 Å². The Balaban J connectivity index is 1.82. The van der Waals surface area contributed by atoms with Crippen molar-refractivity contribution in [1.29, 1.82) is 0 Å². The molecule has 0 bridgehead atoms. The minimum absolute atomic E-state index is 0.136. The molecule has 2 aromatic carbocycles. The molecule has 0 spiro atoms. The first-order valence-corrected chi connectivity index (χ1v) is 12.4. The maximum absolute atomic E-state index is 13.4. The second-order valence-electron chi connectivity index (χ2n) is 7.46. The predicted molar refractivity (Wildman–Crippen MR) is 124 cm³/mol. The van der Waals surface area contributed by atoms with Crippen LogP contribution >= 0.6 is 0 Å². The molecule has 184 valence electrons. The number of carbonyl (C=O) groups excluding carboxylic acids is 2. The van der Waals surface area contributed by atoms with E-state index in [9.17, 15) is 22.4 Å². The highest BCUT2D eigenvalue weighted by atomic mass is 32.2. The predicted octanol–water partition coefficient (Wildman–Crippen LogP) is 2.72. The third kappa shape index (κ3) is 5.96. The van der Waals surface area contributed by atoms with Crippen molar-refractivity contribution in [2.24, 2.45) is 0 Å². The lowest BCUT2D eigenvalue weighted by Crippen LogP contribution is -2.53. The second-order valence-corrected chi connectivity index (χ2v) is 9.32. The highest BCUT2D eigenvalue weighted by molar-refractivity contribution is 7.92. The molecular formula is C23H28FN3O6S. The van der Waals surface area contributed by atoms with Gasteiger partial charge in [0.1, 0.15) is 18.1 Å². The number of anilines is 1. The van der Waals surface area contributed by atoms with Gasteiger partial charge in [0.15, 0.2) is 0 Å². The Labute approximate surface area is 198 Å². The highest BCUT2D eigenvalue weighted by Crippen LogP contribution is 2.26. The van der Waals surface area contributed by atoms with E-state index < -0.39 is 34.4 Å². The van der Waals surface area contributed by atoms with Gasteiger partial charge in [-0.05, 0) is 62.4 Å². The molecule has 0 saturated carbocycles. The van der Waals surface area contributed by atoms with Gasteiger partial charge in [0, 0.05) is 26.2 Å². The smallest absolute Gasteiger partial charge is 0.409 e. The van der Waals surface area contributed by atoms with Gasteiger partial charge in [-0.25, -0.2) is 17.6 Å². The van der Waals surface area contributed by atoms with Crippen LogP contribution < -0.4 is 9.04 Å². The van der Waals surface area contributed by atoms with E-state index in [1.807, 2.05) is 6.92 Å². The summed E-state index contributed by atoms with van der Waals surface area (Å²) in [6.07, 6.45) is -0.440. The van der Waals surface area contributed by atoms with Crippen LogP contribution in [-0.2, 0) is 19.6 Å². The topological polar surface area (TPSA) is 96.5 Å². The molecule has 11 heteroatoms. The monoisotopic (exact) mass is 493 g/mol. The zero-order valence-electron chi connectivity index (χ0n) is 19.1. The number of hydrogen-bond donors (Lipinski definition) is 0. The molecule has 9 nitrogen and oxygen atoms in total. The Morgan fingerprint density at radius 2 is 1.50 bits per heavy atom. The van der Waals surface area contributed by atoms with Crippen LogP contribution in [0, 0.1) is 5.82 Å². The number of carbonyl (C=O) groups is 2. The maximum Gasteiger partial charge on any atom is 0.409 e. The molecule has 2 aromatic rings. The lowest BCUT2D eigenvalue weighted by atomic mass is 10.3. The van der Waals surface area contributed by atoms with E-state index in [-0.39, 0.29) is 30.3 Å². The Morgan fingerprint density at radius 1 is 0.912 bits per heavy atom. The number of rotatable bonds is 8. The largest absolute Gasteiger partial charge is 0.494 e. The molecule has 1 aliphatic rings. The first-order valence-electron chi connectivity index (χ1n) is 11.0. The Kier molecular flexibility index (Phi) is 8.32. The zero-order valence-corrected chi connectivity index (χ0v) is 20.0. The maximum atomic E-state index is 13.4. The summed E-state index contributed by atoms with van der Waals surface area (Å²) >= 11 is 0. The molecule has 1 saturated heterocycles. The minimum atomic E-state index is -4.17. The molecule has 0 unspecified atom stereocenters. The molecule has 0 aromatic heterocycles. The van der Waals surface area contributed by atoms with Crippen LogP contribution in [0.4, 0.5) is 14.9 Å². The van der Waals surface area contributed by atoms with E-state index in [0.29, 0.717) is 25.4 Å². The van der Waals surface area contributed by atoms with Gasteiger partial charge in [-0.15, -0.1) is 0 Å². The lowest BCUT2D eigenvalue weighted by molar-refractivity contribution is -0.131. The first-order chi connectivity index (χ1) is 16.3. The van der Waals surface area contributed by atoms with E-state index in [0.717, 1.165) is 28.6 Å². The SMILES string of the molecule is CCOC(=O)N1CCN(C(=O)CN(c2ccc(OCC)cc2)S(=O)(=O)c2ccc(F)cc2)CC1. The van der Waals surface area contributed by atoms with Crippen molar-refractivity contribution in [3.63, 3.8) is 0 Å². The summed E-state index contributed by atoms with van der Waals surface area (Å²) in [5, 5.41) is 0. The number of piperazine rings is 1. The summed E-state index contributed by atoms with van der Waals surface area (Å²) in [6, 6.07) is 10.8. The fourth-order valence-corrected chi connectivity index (χ4v) is 4.91. The van der Waals surface area contributed by atoms with Crippen molar-refractivity contribution in [2.45, 2.75) is 18.7 Å². The van der Waals surface area contributed by atoms with Gasteiger partial charge in [0.05, 0.1) is 23.8 Å². The molecule has 0 N–H and O–H groups in total. The fourth-order valence-electron chi connectivity index (χ4n) is 3.50. The van der Waals surface area contributed by atoms with Crippen LogP contribution in [-0.4, -0.2) is 76.2 Å². The summed E-state index contributed by atoms with van der Waals surface area (Å²) in [5.41, 5.74) is 0.270. The third-order valence-corrected chi connectivity index (χ3v) is 7.06. The molecule has 1 fully saturated rings. The Bertz CT molecular complexity index is 1080. The molecule has 3 rings (SSSR count). The van der Waals surface area contributed by atoms with Crippen LogP contribution in [0.5, 0.6) is 5.75 Å². The average molecular weight is 494 g/mol. The quantitative estimate of drug-likeness (QED) is 0.561. The summed E-state index contributed by atoms with van der Waals surface area (Å²) in [4.78, 5) is 27.9. The van der Waals surface area contributed by atoms with E-state index in [2.05, 4.69) is 0 Å². The van der Waals surface area contributed by atoms with Gasteiger partial charge in [-0.2, -0.15) is 0 Å². The third-order valence-electron chi connectivity index (χ3n) is 5.27. The van der Waals surface area contributed by atoms with Crippen LogP contribution in [0.25, 0.3) is 0 Å². The van der Waals surface area contributed by atoms with E-state index >= 15 is 0 Å². The molecule has 1 aliphatic heterocycles. The molecule has 34 heavy (non-hydrogen) atoms. The number of benzene rings is 2. The molecule has 0 aliphatic carbocycles. The van der Waals surface area contributed by atoms with Crippen LogP contribution in [0.15, 0.2) is 53.4 Å². The molecule has 1 heterocycles. The normalized spacial score (nSPS) is 14.0. The van der Waals surface area contributed by atoms with Crippen molar-refractivity contribution in [2.75, 3.05) is 50.2 Å². The van der Waals surface area contributed by atoms with Gasteiger partial charge in [-0.1, -0.05) is 0 Å². The van der Waals surface area contributed by atoms with E-state index in [4.69, 9.17) is 9.47 Å². The molecular weight excluding hydrogens is 465 g/mol. The van der Waals surface area contributed by atoms with Gasteiger partial charge in [-0.3, -0.25) is 9.10 Å².